The predicted octanol–water partition coefficient (Wildman–Crippen LogP) is 6.69. The molecule has 0 radical (unpaired) electrons. The van der Waals surface area contributed by atoms with Crippen LogP contribution in [0.2, 0.25) is 5.02 Å². The number of fused-ring (bicyclic) bond motifs is 2. The summed E-state index contributed by atoms with van der Waals surface area (Å²) in [5, 5.41) is 11.9. The smallest absolute Gasteiger partial charge is 0.115 e. The van der Waals surface area contributed by atoms with Crippen LogP contribution in [-0.2, 0) is 13.0 Å². The first-order valence-corrected chi connectivity index (χ1v) is 12.8. The second-order valence-electron chi connectivity index (χ2n) is 9.87. The van der Waals surface area contributed by atoms with Crippen molar-refractivity contribution in [2.24, 2.45) is 5.92 Å². The van der Waals surface area contributed by atoms with Gasteiger partial charge in [-0.1, -0.05) is 29.8 Å². The maximum absolute atomic E-state index is 12.8. The number of aryl methyl sites for hydroxylation is 1. The summed E-state index contributed by atoms with van der Waals surface area (Å²) in [5.41, 5.74) is 8.70. The van der Waals surface area contributed by atoms with Crippen LogP contribution in [0.4, 0.5) is 4.39 Å². The number of pyridine rings is 2. The summed E-state index contributed by atoms with van der Waals surface area (Å²) in [6.07, 6.45) is 8.13. The van der Waals surface area contributed by atoms with Crippen molar-refractivity contribution in [1.82, 2.24) is 14.9 Å². The van der Waals surface area contributed by atoms with E-state index in [-0.39, 0.29) is 18.3 Å². The van der Waals surface area contributed by atoms with Crippen LogP contribution < -0.4 is 0 Å². The van der Waals surface area contributed by atoms with Gasteiger partial charge in [0, 0.05) is 49.5 Å². The number of alkyl halides is 1. The molecular weight excluding hydrogens is 473 g/mol. The van der Waals surface area contributed by atoms with Crippen molar-refractivity contribution in [3.63, 3.8) is 0 Å². The van der Waals surface area contributed by atoms with Crippen LogP contribution in [0, 0.1) is 5.92 Å². The quantitative estimate of drug-likeness (QED) is 0.332. The summed E-state index contributed by atoms with van der Waals surface area (Å²) in [6, 6.07) is 16.2. The summed E-state index contributed by atoms with van der Waals surface area (Å²) in [5.74, 6) is 0.466. The van der Waals surface area contributed by atoms with E-state index in [9.17, 15) is 9.50 Å². The highest BCUT2D eigenvalue weighted by Crippen LogP contribution is 2.42. The number of aromatic hydroxyl groups is 1. The zero-order valence-electron chi connectivity index (χ0n) is 19.9. The lowest BCUT2D eigenvalue weighted by molar-refractivity contribution is 0.0737. The molecule has 2 aromatic heterocycles. The molecule has 6 heteroatoms. The Morgan fingerprint density at radius 1 is 1.00 bits per heavy atom. The molecular formula is C30H27ClFN3O. The maximum atomic E-state index is 12.8. The molecule has 36 heavy (non-hydrogen) atoms. The second-order valence-corrected chi connectivity index (χ2v) is 10.3. The fourth-order valence-electron chi connectivity index (χ4n) is 5.56. The number of allylic oxidation sites excluding steroid dienone is 1. The van der Waals surface area contributed by atoms with Gasteiger partial charge in [0.15, 0.2) is 0 Å². The summed E-state index contributed by atoms with van der Waals surface area (Å²) in [7, 11) is 0. The van der Waals surface area contributed by atoms with Gasteiger partial charge in [-0.15, -0.1) is 0 Å². The Hall–Kier alpha value is -3.28. The van der Waals surface area contributed by atoms with E-state index < -0.39 is 0 Å². The normalized spacial score (nSPS) is 16.6. The molecule has 4 nitrogen and oxygen atoms in total. The van der Waals surface area contributed by atoms with Gasteiger partial charge in [0.2, 0.25) is 0 Å². The van der Waals surface area contributed by atoms with Crippen LogP contribution in [0.15, 0.2) is 67.1 Å². The highest BCUT2D eigenvalue weighted by Gasteiger charge is 2.26. The third-order valence-electron chi connectivity index (χ3n) is 7.32. The van der Waals surface area contributed by atoms with E-state index in [1.165, 1.54) is 5.57 Å². The summed E-state index contributed by atoms with van der Waals surface area (Å²) >= 11 is 6.63. The van der Waals surface area contributed by atoms with E-state index in [0.29, 0.717) is 5.02 Å². The van der Waals surface area contributed by atoms with E-state index >= 15 is 0 Å². The number of rotatable bonds is 5. The topological polar surface area (TPSA) is 49.3 Å². The zero-order chi connectivity index (χ0) is 24.6. The molecule has 2 aromatic carbocycles. The number of halogens is 2. The minimum Gasteiger partial charge on any atom is -0.508 e. The number of hydrogen-bond acceptors (Lipinski definition) is 4. The Labute approximate surface area is 215 Å². The Balaban J connectivity index is 1.44. The second kappa shape index (κ2) is 9.64. The van der Waals surface area contributed by atoms with Crippen LogP contribution in [0.1, 0.15) is 40.7 Å². The number of hydrogen-bond donors (Lipinski definition) is 1. The number of benzene rings is 2. The third kappa shape index (κ3) is 4.38. The average Bonchev–Trinajstić information content (AvgIpc) is 3.05. The molecule has 1 aliphatic carbocycles. The highest BCUT2D eigenvalue weighted by atomic mass is 35.5. The minimum atomic E-state index is -0.236. The molecule has 0 bridgehead atoms. The van der Waals surface area contributed by atoms with Gasteiger partial charge in [-0.2, -0.15) is 0 Å². The van der Waals surface area contributed by atoms with Crippen molar-refractivity contribution < 1.29 is 9.50 Å². The molecule has 3 heterocycles. The van der Waals surface area contributed by atoms with Crippen molar-refractivity contribution >= 4 is 33.7 Å². The first kappa shape index (κ1) is 23.1. The average molecular weight is 500 g/mol. The number of aromatic nitrogens is 2. The standard InChI is InChI=1S/C30H27ClFN3O/c31-28-15-33-9-8-26(28)27-3-1-2-21-11-24(36)6-7-25(21)30(27)23-5-4-22-10-19(14-34-29(22)12-23)16-35-17-20(13-32)18-35/h4-12,14-15,20,36H,1-3,13,16-18H2. The molecule has 1 saturated heterocycles. The monoisotopic (exact) mass is 499 g/mol. The van der Waals surface area contributed by atoms with Gasteiger partial charge in [0.25, 0.3) is 0 Å². The van der Waals surface area contributed by atoms with Crippen molar-refractivity contribution in [2.45, 2.75) is 25.8 Å². The number of nitrogens with zero attached hydrogens (tertiary/aromatic N) is 3. The Morgan fingerprint density at radius 3 is 2.72 bits per heavy atom. The lowest BCUT2D eigenvalue weighted by atomic mass is 9.87. The van der Waals surface area contributed by atoms with Gasteiger partial charge in [-0.25, -0.2) is 0 Å². The van der Waals surface area contributed by atoms with Gasteiger partial charge < -0.3 is 5.11 Å². The molecule has 1 aliphatic heterocycles. The maximum Gasteiger partial charge on any atom is 0.115 e. The minimum absolute atomic E-state index is 0.182. The molecule has 0 unspecified atom stereocenters. The molecule has 2 aliphatic rings. The van der Waals surface area contributed by atoms with Crippen LogP contribution in [0.3, 0.4) is 0 Å². The van der Waals surface area contributed by atoms with Gasteiger partial charge in [0.05, 0.1) is 17.2 Å². The molecule has 0 amide bonds. The first-order chi connectivity index (χ1) is 17.6. The van der Waals surface area contributed by atoms with E-state index in [1.54, 1.807) is 18.5 Å². The van der Waals surface area contributed by atoms with Crippen molar-refractivity contribution in [3.05, 3.63) is 100.0 Å². The van der Waals surface area contributed by atoms with E-state index in [1.807, 2.05) is 24.4 Å². The molecule has 0 saturated carbocycles. The number of phenolic OH excluding ortho intramolecular Hbond substituents is 1. The molecule has 1 N–H and O–H groups in total. The van der Waals surface area contributed by atoms with Gasteiger partial charge in [0.1, 0.15) is 5.75 Å². The largest absolute Gasteiger partial charge is 0.508 e. The zero-order valence-corrected chi connectivity index (χ0v) is 20.7. The van der Waals surface area contributed by atoms with Crippen LogP contribution in [-0.4, -0.2) is 39.7 Å². The molecule has 1 fully saturated rings. The van der Waals surface area contributed by atoms with Crippen molar-refractivity contribution in [3.8, 4) is 5.75 Å². The lowest BCUT2D eigenvalue weighted by Crippen LogP contribution is -2.46. The van der Waals surface area contributed by atoms with Crippen LogP contribution >= 0.6 is 11.6 Å². The number of phenols is 1. The molecule has 182 valence electrons. The van der Waals surface area contributed by atoms with Gasteiger partial charge in [-0.3, -0.25) is 19.3 Å². The third-order valence-corrected chi connectivity index (χ3v) is 7.62. The molecule has 0 atom stereocenters. The van der Waals surface area contributed by atoms with Crippen LogP contribution in [0.5, 0.6) is 5.75 Å². The lowest BCUT2D eigenvalue weighted by Gasteiger charge is -2.37. The Morgan fingerprint density at radius 2 is 1.89 bits per heavy atom. The molecule has 4 aromatic rings. The van der Waals surface area contributed by atoms with Crippen molar-refractivity contribution in [2.75, 3.05) is 19.8 Å². The summed E-state index contributed by atoms with van der Waals surface area (Å²) < 4.78 is 12.8. The molecule has 6 rings (SSSR count). The van der Waals surface area contributed by atoms with E-state index in [2.05, 4.69) is 34.1 Å². The van der Waals surface area contributed by atoms with Crippen molar-refractivity contribution in [1.29, 1.82) is 0 Å². The van der Waals surface area contributed by atoms with Gasteiger partial charge >= 0.3 is 0 Å². The predicted molar refractivity (Wildman–Crippen MR) is 143 cm³/mol. The van der Waals surface area contributed by atoms with E-state index in [0.717, 1.165) is 83.2 Å². The Bertz CT molecular complexity index is 1480. The summed E-state index contributed by atoms with van der Waals surface area (Å²) in [4.78, 5) is 11.2. The number of likely N-dealkylation sites (tertiary alicyclic amines) is 1. The van der Waals surface area contributed by atoms with E-state index in [4.69, 9.17) is 16.6 Å². The van der Waals surface area contributed by atoms with Gasteiger partial charge in [-0.05, 0) is 88.6 Å². The molecule has 0 spiro atoms. The highest BCUT2D eigenvalue weighted by molar-refractivity contribution is 6.32. The first-order valence-electron chi connectivity index (χ1n) is 12.4. The fourth-order valence-corrected chi connectivity index (χ4v) is 5.80. The van der Waals surface area contributed by atoms with Crippen LogP contribution in [0.25, 0.3) is 22.0 Å². The SMILES string of the molecule is Oc1ccc2c(c1)CCCC(c1ccncc1Cl)=C2c1ccc2cc(CN3CC(CF)C3)cnc2c1. The summed E-state index contributed by atoms with van der Waals surface area (Å²) in [6.45, 7) is 2.20. The fraction of sp³-hybridized carbons (Fsp3) is 0.267. The Kier molecular flexibility index (Phi) is 6.20.